The summed E-state index contributed by atoms with van der Waals surface area (Å²) in [6.07, 6.45) is 10.3. The molecule has 0 aliphatic carbocycles. The molecule has 0 amide bonds. The van der Waals surface area contributed by atoms with Gasteiger partial charge in [0, 0.05) is 0 Å². The van der Waals surface area contributed by atoms with Gasteiger partial charge in [0.25, 0.3) is 0 Å². The highest BCUT2D eigenvalue weighted by Gasteiger charge is 1.78. The summed E-state index contributed by atoms with van der Waals surface area (Å²) in [6, 6.07) is 0. The van der Waals surface area contributed by atoms with Gasteiger partial charge in [-0.05, 0) is 31.1 Å². The number of hydrogen-bond acceptors (Lipinski definition) is 0. The van der Waals surface area contributed by atoms with Crippen LogP contribution in [0.2, 0.25) is 0 Å². The van der Waals surface area contributed by atoms with Crippen molar-refractivity contribution in [2.24, 2.45) is 0 Å². The maximum atomic E-state index is 3.81. The van der Waals surface area contributed by atoms with Crippen LogP contribution in [0.15, 0.2) is 54.8 Å². The van der Waals surface area contributed by atoms with E-state index in [1.165, 1.54) is 0 Å². The lowest BCUT2D eigenvalue weighted by atomic mass is 10.2. The molecule has 0 aliphatic heterocycles. The van der Waals surface area contributed by atoms with Crippen molar-refractivity contribution in [3.8, 4) is 0 Å². The third kappa shape index (κ3) is 6.63. The predicted octanol–water partition coefficient (Wildman–Crippen LogP) is 3.41. The van der Waals surface area contributed by atoms with Crippen LogP contribution >= 0.6 is 0 Å². The molecule has 0 saturated carbocycles. The molecule has 0 rings (SSSR count). The van der Waals surface area contributed by atoms with E-state index in [0.717, 1.165) is 12.0 Å². The quantitative estimate of drug-likeness (QED) is 0.324. The molecule has 0 aliphatic rings. The third-order valence-electron chi connectivity index (χ3n) is 1.08. The second kappa shape index (κ2) is 6.85. The van der Waals surface area contributed by atoms with Gasteiger partial charge in [-0.1, -0.05) is 24.8 Å². The average molecular weight is 146 g/mol. The van der Waals surface area contributed by atoms with E-state index < -0.39 is 0 Å². The molecule has 0 atom stereocenters. The van der Waals surface area contributed by atoms with Gasteiger partial charge in [-0.15, -0.1) is 12.3 Å². The van der Waals surface area contributed by atoms with Crippen LogP contribution in [0.3, 0.4) is 0 Å². The molecular weight excluding hydrogens is 132 g/mol. The Morgan fingerprint density at radius 2 is 2.27 bits per heavy atom. The Balaban J connectivity index is 3.90. The van der Waals surface area contributed by atoms with Gasteiger partial charge >= 0.3 is 0 Å². The Kier molecular flexibility index (Phi) is 6.07. The molecule has 0 fully saturated rings. The summed E-state index contributed by atoms with van der Waals surface area (Å²) >= 11 is 0. The van der Waals surface area contributed by atoms with Gasteiger partial charge in [0.1, 0.15) is 0 Å². The molecule has 0 heteroatoms. The van der Waals surface area contributed by atoms with Gasteiger partial charge in [0.2, 0.25) is 0 Å². The number of hydrogen-bond donors (Lipinski definition) is 0. The van der Waals surface area contributed by atoms with E-state index >= 15 is 0 Å². The van der Waals surface area contributed by atoms with E-state index in [1.807, 2.05) is 37.3 Å². The van der Waals surface area contributed by atoms with Crippen LogP contribution in [0.1, 0.15) is 13.3 Å². The summed E-state index contributed by atoms with van der Waals surface area (Å²) in [4.78, 5) is 0. The van der Waals surface area contributed by atoms with Gasteiger partial charge in [-0.3, -0.25) is 0 Å². The van der Waals surface area contributed by atoms with Crippen molar-refractivity contribution in [3.63, 3.8) is 0 Å². The maximum Gasteiger partial charge on any atom is -0.00999 e. The van der Waals surface area contributed by atoms with Crippen LogP contribution in [0.4, 0.5) is 0 Å². The molecule has 0 aromatic carbocycles. The van der Waals surface area contributed by atoms with Crippen molar-refractivity contribution in [2.75, 3.05) is 0 Å². The smallest absolute Gasteiger partial charge is 0.00999 e. The van der Waals surface area contributed by atoms with E-state index in [1.54, 1.807) is 0 Å². The lowest BCUT2D eigenvalue weighted by molar-refractivity contribution is 1.31. The van der Waals surface area contributed by atoms with Crippen molar-refractivity contribution < 1.29 is 0 Å². The second-order valence-corrected chi connectivity index (χ2v) is 2.15. The zero-order valence-electron chi connectivity index (χ0n) is 7.01. The summed E-state index contributed by atoms with van der Waals surface area (Å²) in [5.74, 6) is 0. The topological polar surface area (TPSA) is 0 Å². The van der Waals surface area contributed by atoms with Gasteiger partial charge in [-0.2, -0.15) is 0 Å². The summed E-state index contributed by atoms with van der Waals surface area (Å²) in [6.45, 7) is 9.39. The monoisotopic (exact) mass is 146 g/mol. The Hall–Kier alpha value is -1.26. The van der Waals surface area contributed by atoms with Crippen LogP contribution in [-0.2, 0) is 0 Å². The fourth-order valence-corrected chi connectivity index (χ4v) is 0.562. The Labute approximate surface area is 68.9 Å². The Morgan fingerprint density at radius 3 is 2.82 bits per heavy atom. The molecule has 0 spiro atoms. The standard InChI is InChI=1S/C11H14/c1-4-6-7-8-10-11(3)9-5-2/h4-7,10H,2-3,9H2,1H3/b6-4+. The van der Waals surface area contributed by atoms with Crippen LogP contribution in [0, 0.1) is 0 Å². The van der Waals surface area contributed by atoms with Crippen LogP contribution in [0.5, 0.6) is 0 Å². The first-order chi connectivity index (χ1) is 5.31. The molecule has 0 nitrogen and oxygen atoms in total. The third-order valence-corrected chi connectivity index (χ3v) is 1.08. The highest BCUT2D eigenvalue weighted by Crippen LogP contribution is 1.97. The van der Waals surface area contributed by atoms with Gasteiger partial charge in [-0.25, -0.2) is 0 Å². The van der Waals surface area contributed by atoms with E-state index in [0.29, 0.717) is 0 Å². The molecule has 0 radical (unpaired) electrons. The average Bonchev–Trinajstić information content (AvgIpc) is 1.99. The zero-order chi connectivity index (χ0) is 8.53. The summed E-state index contributed by atoms with van der Waals surface area (Å²) in [7, 11) is 0. The zero-order valence-corrected chi connectivity index (χ0v) is 7.01. The molecule has 0 heterocycles. The highest BCUT2D eigenvalue weighted by molar-refractivity contribution is 5.18. The van der Waals surface area contributed by atoms with E-state index in [9.17, 15) is 0 Å². The molecular formula is C11H14. The molecule has 0 aromatic rings. The normalized spacial score (nSPS) is 8.82. The van der Waals surface area contributed by atoms with Crippen LogP contribution in [0.25, 0.3) is 0 Å². The Bertz CT molecular complexity index is 210. The first kappa shape index (κ1) is 9.74. The minimum Gasteiger partial charge on any atom is -0.121 e. The minimum absolute atomic E-state index is 0.830. The molecule has 0 bridgehead atoms. The van der Waals surface area contributed by atoms with Gasteiger partial charge in [0.15, 0.2) is 0 Å². The fourth-order valence-electron chi connectivity index (χ4n) is 0.562. The molecule has 0 saturated heterocycles. The highest BCUT2D eigenvalue weighted by atomic mass is 13.8. The largest absolute Gasteiger partial charge is 0.121 e. The first-order valence-corrected chi connectivity index (χ1v) is 3.63. The van der Waals surface area contributed by atoms with Crippen molar-refractivity contribution >= 4 is 0 Å². The van der Waals surface area contributed by atoms with Crippen molar-refractivity contribution in [1.82, 2.24) is 0 Å². The van der Waals surface area contributed by atoms with E-state index in [2.05, 4.69) is 18.9 Å². The van der Waals surface area contributed by atoms with E-state index in [-0.39, 0.29) is 0 Å². The van der Waals surface area contributed by atoms with Crippen LogP contribution in [-0.4, -0.2) is 0 Å². The molecule has 0 aromatic heterocycles. The van der Waals surface area contributed by atoms with Crippen molar-refractivity contribution in [1.29, 1.82) is 0 Å². The van der Waals surface area contributed by atoms with Crippen molar-refractivity contribution in [3.05, 3.63) is 54.8 Å². The first-order valence-electron chi connectivity index (χ1n) is 3.63. The maximum absolute atomic E-state index is 3.81. The SMILES string of the molecule is C=CCC(=C)C=C=C/C=C/C. The minimum atomic E-state index is 0.830. The van der Waals surface area contributed by atoms with Gasteiger partial charge < -0.3 is 0 Å². The fraction of sp³-hybridized carbons (Fsp3) is 0.182. The number of allylic oxidation sites excluding steroid dienone is 5. The van der Waals surface area contributed by atoms with E-state index in [4.69, 9.17) is 0 Å². The lowest BCUT2D eigenvalue weighted by Gasteiger charge is -1.86. The molecule has 0 unspecified atom stereocenters. The van der Waals surface area contributed by atoms with Gasteiger partial charge in [0.05, 0.1) is 0 Å². The second-order valence-electron chi connectivity index (χ2n) is 2.15. The molecule has 58 valence electrons. The summed E-state index contributed by atoms with van der Waals surface area (Å²) in [5, 5.41) is 0. The lowest BCUT2D eigenvalue weighted by Crippen LogP contribution is -1.66. The van der Waals surface area contributed by atoms with Crippen LogP contribution < -0.4 is 0 Å². The summed E-state index contributed by atoms with van der Waals surface area (Å²) in [5.41, 5.74) is 4.02. The Morgan fingerprint density at radius 1 is 1.55 bits per heavy atom. The summed E-state index contributed by atoms with van der Waals surface area (Å²) < 4.78 is 0. The predicted molar refractivity (Wildman–Crippen MR) is 51.4 cm³/mol. The number of rotatable bonds is 4. The van der Waals surface area contributed by atoms with Crippen molar-refractivity contribution in [2.45, 2.75) is 13.3 Å². The molecule has 0 N–H and O–H groups in total. The molecule has 11 heavy (non-hydrogen) atoms.